The molecule has 2 unspecified atom stereocenters. The van der Waals surface area contributed by atoms with E-state index in [2.05, 4.69) is 0 Å². The first-order chi connectivity index (χ1) is 5.81. The third-order valence-corrected chi connectivity index (χ3v) is 3.21. The molecule has 1 saturated carbocycles. The van der Waals surface area contributed by atoms with Crippen LogP contribution < -0.4 is 0 Å². The molecule has 1 aliphatic carbocycles. The van der Waals surface area contributed by atoms with Crippen LogP contribution in [-0.4, -0.2) is 35.6 Å². The fourth-order valence-corrected chi connectivity index (χ4v) is 2.54. The van der Waals surface area contributed by atoms with Crippen LogP contribution in [-0.2, 0) is 4.79 Å². The van der Waals surface area contributed by atoms with Crippen molar-refractivity contribution in [2.75, 3.05) is 19.7 Å². The number of carbonyl (C=O) groups excluding carboxylic acids is 1. The van der Waals surface area contributed by atoms with Gasteiger partial charge in [0.05, 0.1) is 0 Å². The van der Waals surface area contributed by atoms with Gasteiger partial charge in [-0.05, 0) is 24.7 Å². The van der Waals surface area contributed by atoms with Crippen LogP contribution >= 0.6 is 0 Å². The van der Waals surface area contributed by atoms with E-state index >= 15 is 0 Å². The van der Waals surface area contributed by atoms with Crippen LogP contribution in [0.4, 0.5) is 0 Å². The van der Waals surface area contributed by atoms with Crippen LogP contribution in [0.3, 0.4) is 0 Å². The van der Waals surface area contributed by atoms with E-state index in [9.17, 15) is 4.79 Å². The molecule has 3 heteroatoms. The monoisotopic (exact) mass is 169 g/mol. The topological polar surface area (TPSA) is 40.5 Å². The molecule has 0 aromatic carbocycles. The van der Waals surface area contributed by atoms with E-state index in [1.807, 2.05) is 4.90 Å². The molecule has 1 amide bonds. The molecule has 12 heavy (non-hydrogen) atoms. The van der Waals surface area contributed by atoms with E-state index in [-0.39, 0.29) is 12.5 Å². The van der Waals surface area contributed by atoms with Crippen molar-refractivity contribution < 1.29 is 9.90 Å². The summed E-state index contributed by atoms with van der Waals surface area (Å²) in [5.74, 6) is 1.38. The average Bonchev–Trinajstić information content (AvgIpc) is 2.60. The van der Waals surface area contributed by atoms with Gasteiger partial charge in [-0.25, -0.2) is 0 Å². The number of carbonyl (C=O) groups is 1. The second-order valence-electron chi connectivity index (χ2n) is 3.91. The lowest BCUT2D eigenvalue weighted by Crippen LogP contribution is -2.31. The highest BCUT2D eigenvalue weighted by Crippen LogP contribution is 2.37. The number of likely N-dealkylation sites (tertiary alicyclic amines) is 1. The summed E-state index contributed by atoms with van der Waals surface area (Å²) in [5, 5.41) is 8.67. The van der Waals surface area contributed by atoms with Gasteiger partial charge in [0.1, 0.15) is 6.61 Å². The molecule has 1 N–H and O–H groups in total. The Morgan fingerprint density at radius 2 is 1.92 bits per heavy atom. The Labute approximate surface area is 72.4 Å². The molecular weight excluding hydrogens is 154 g/mol. The van der Waals surface area contributed by atoms with Crippen LogP contribution in [0.25, 0.3) is 0 Å². The maximum Gasteiger partial charge on any atom is 0.248 e. The fraction of sp³-hybridized carbons (Fsp3) is 0.889. The summed E-state index contributed by atoms with van der Waals surface area (Å²) in [4.78, 5) is 12.9. The number of hydrogen-bond acceptors (Lipinski definition) is 2. The Bertz CT molecular complexity index is 181. The van der Waals surface area contributed by atoms with Crippen molar-refractivity contribution in [2.24, 2.45) is 11.8 Å². The van der Waals surface area contributed by atoms with Crippen molar-refractivity contribution in [3.05, 3.63) is 0 Å². The minimum atomic E-state index is -0.320. The van der Waals surface area contributed by atoms with Crippen molar-refractivity contribution in [1.82, 2.24) is 4.90 Å². The Morgan fingerprint density at radius 1 is 1.33 bits per heavy atom. The molecule has 0 aromatic rings. The number of hydrogen-bond donors (Lipinski definition) is 1. The molecule has 68 valence electrons. The maximum atomic E-state index is 11.1. The first kappa shape index (κ1) is 8.05. The smallest absolute Gasteiger partial charge is 0.248 e. The Hall–Kier alpha value is -0.570. The molecule has 1 aliphatic heterocycles. The van der Waals surface area contributed by atoms with Gasteiger partial charge in [-0.2, -0.15) is 0 Å². The van der Waals surface area contributed by atoms with Gasteiger partial charge in [-0.3, -0.25) is 4.79 Å². The Morgan fingerprint density at radius 3 is 2.42 bits per heavy atom. The minimum absolute atomic E-state index is 0.0931. The van der Waals surface area contributed by atoms with Gasteiger partial charge in [-0.15, -0.1) is 0 Å². The van der Waals surface area contributed by atoms with E-state index in [1.165, 1.54) is 19.3 Å². The van der Waals surface area contributed by atoms with Crippen LogP contribution in [0.15, 0.2) is 0 Å². The molecule has 2 atom stereocenters. The quantitative estimate of drug-likeness (QED) is 0.610. The summed E-state index contributed by atoms with van der Waals surface area (Å²) < 4.78 is 0. The van der Waals surface area contributed by atoms with E-state index < -0.39 is 0 Å². The van der Waals surface area contributed by atoms with E-state index in [0.717, 1.165) is 24.9 Å². The lowest BCUT2D eigenvalue weighted by molar-refractivity contribution is -0.133. The zero-order valence-electron chi connectivity index (χ0n) is 7.20. The predicted octanol–water partition coefficient (Wildman–Crippen LogP) is 0.237. The molecule has 0 aromatic heterocycles. The molecular formula is C9H15NO2. The highest BCUT2D eigenvalue weighted by molar-refractivity contribution is 5.77. The van der Waals surface area contributed by atoms with E-state index in [0.29, 0.717) is 0 Å². The number of rotatable bonds is 1. The number of aliphatic hydroxyl groups excluding tert-OH is 1. The van der Waals surface area contributed by atoms with Crippen molar-refractivity contribution >= 4 is 5.91 Å². The van der Waals surface area contributed by atoms with Crippen molar-refractivity contribution in [1.29, 1.82) is 0 Å². The standard InChI is InChI=1S/C9H15NO2/c11-6-9(12)10-4-7-2-1-3-8(7)5-10/h7-8,11H,1-6H2. The molecule has 2 aliphatic rings. The largest absolute Gasteiger partial charge is 0.387 e. The summed E-state index contributed by atoms with van der Waals surface area (Å²) in [5.41, 5.74) is 0. The van der Waals surface area contributed by atoms with Gasteiger partial charge in [0.15, 0.2) is 0 Å². The van der Waals surface area contributed by atoms with Crippen LogP contribution in [0, 0.1) is 11.8 Å². The highest BCUT2D eigenvalue weighted by Gasteiger charge is 2.37. The van der Waals surface area contributed by atoms with Crippen LogP contribution in [0.2, 0.25) is 0 Å². The van der Waals surface area contributed by atoms with Gasteiger partial charge in [0.2, 0.25) is 5.91 Å². The summed E-state index contributed by atoms with van der Waals surface area (Å²) >= 11 is 0. The van der Waals surface area contributed by atoms with Gasteiger partial charge in [-0.1, -0.05) is 6.42 Å². The molecule has 2 fully saturated rings. The summed E-state index contributed by atoms with van der Waals surface area (Å²) in [7, 11) is 0. The van der Waals surface area contributed by atoms with Crippen molar-refractivity contribution in [2.45, 2.75) is 19.3 Å². The highest BCUT2D eigenvalue weighted by atomic mass is 16.3. The van der Waals surface area contributed by atoms with E-state index in [4.69, 9.17) is 5.11 Å². The lowest BCUT2D eigenvalue weighted by atomic mass is 10.0. The SMILES string of the molecule is O=C(CO)N1CC2CCCC2C1. The molecule has 2 rings (SSSR count). The number of nitrogens with zero attached hydrogens (tertiary/aromatic N) is 1. The fourth-order valence-electron chi connectivity index (χ4n) is 2.54. The van der Waals surface area contributed by atoms with Crippen molar-refractivity contribution in [3.63, 3.8) is 0 Å². The normalized spacial score (nSPS) is 33.9. The first-order valence-electron chi connectivity index (χ1n) is 4.70. The summed E-state index contributed by atoms with van der Waals surface area (Å²) in [6.45, 7) is 1.47. The minimum Gasteiger partial charge on any atom is -0.387 e. The average molecular weight is 169 g/mol. The van der Waals surface area contributed by atoms with Gasteiger partial charge in [0, 0.05) is 13.1 Å². The molecule has 0 spiro atoms. The summed E-state index contributed by atoms with van der Waals surface area (Å²) in [6, 6.07) is 0. The predicted molar refractivity (Wildman–Crippen MR) is 44.5 cm³/mol. The van der Waals surface area contributed by atoms with Gasteiger partial charge >= 0.3 is 0 Å². The second kappa shape index (κ2) is 3.05. The van der Waals surface area contributed by atoms with Crippen molar-refractivity contribution in [3.8, 4) is 0 Å². The Balaban J connectivity index is 1.94. The third-order valence-electron chi connectivity index (χ3n) is 3.21. The number of aliphatic hydroxyl groups is 1. The van der Waals surface area contributed by atoms with E-state index in [1.54, 1.807) is 0 Å². The number of fused-ring (bicyclic) bond motifs is 1. The number of amides is 1. The van der Waals surface area contributed by atoms with Crippen LogP contribution in [0.5, 0.6) is 0 Å². The van der Waals surface area contributed by atoms with Crippen LogP contribution in [0.1, 0.15) is 19.3 Å². The third kappa shape index (κ3) is 1.22. The zero-order valence-corrected chi connectivity index (χ0v) is 7.20. The molecule has 0 bridgehead atoms. The zero-order chi connectivity index (χ0) is 8.55. The van der Waals surface area contributed by atoms with Gasteiger partial charge in [0.25, 0.3) is 0 Å². The molecule has 3 nitrogen and oxygen atoms in total. The first-order valence-corrected chi connectivity index (χ1v) is 4.70. The maximum absolute atomic E-state index is 11.1. The second-order valence-corrected chi connectivity index (χ2v) is 3.91. The lowest BCUT2D eigenvalue weighted by Gasteiger charge is -2.15. The summed E-state index contributed by atoms with van der Waals surface area (Å²) in [6.07, 6.45) is 3.89. The van der Waals surface area contributed by atoms with Gasteiger partial charge < -0.3 is 10.0 Å². The molecule has 0 radical (unpaired) electrons. The molecule has 1 saturated heterocycles. The Kier molecular flexibility index (Phi) is 2.05. The molecule has 1 heterocycles.